The Morgan fingerprint density at radius 1 is 1.62 bits per heavy atom. The van der Waals surface area contributed by atoms with Gasteiger partial charge in [-0.05, 0) is 12.3 Å². The standard InChI is InChI=1S/C9H19N2O4P/c1-6(2)5-8(10)9(12)11-7(3)16(13,14)15-4/h6,8H,3,5,10H2,1-2,4H3,(H,11,12)(H,13,14)/t8-/m0/s1. The van der Waals surface area contributed by atoms with Gasteiger partial charge in [-0.15, -0.1) is 0 Å². The molecule has 2 atom stereocenters. The molecular formula is C9H19N2O4P. The highest BCUT2D eigenvalue weighted by molar-refractivity contribution is 7.57. The summed E-state index contributed by atoms with van der Waals surface area (Å²) in [7, 11) is -2.91. The minimum atomic E-state index is -3.97. The van der Waals surface area contributed by atoms with Crippen molar-refractivity contribution >= 4 is 13.5 Å². The normalized spacial score (nSPS) is 16.6. The SMILES string of the molecule is C=C(NC(=O)[C@@H](N)CC(C)C)P(=O)(O)OC. The lowest BCUT2D eigenvalue weighted by atomic mass is 10.0. The second-order valence-corrected chi connectivity index (χ2v) is 5.82. The van der Waals surface area contributed by atoms with Gasteiger partial charge in [-0.25, -0.2) is 0 Å². The van der Waals surface area contributed by atoms with Gasteiger partial charge < -0.3 is 20.5 Å². The maximum absolute atomic E-state index is 11.5. The van der Waals surface area contributed by atoms with E-state index in [0.29, 0.717) is 6.42 Å². The Morgan fingerprint density at radius 3 is 2.50 bits per heavy atom. The molecule has 0 aliphatic heterocycles. The molecule has 0 aliphatic carbocycles. The first-order chi connectivity index (χ1) is 7.20. The van der Waals surface area contributed by atoms with E-state index in [9.17, 15) is 14.3 Å². The van der Waals surface area contributed by atoms with Crippen molar-refractivity contribution in [2.24, 2.45) is 11.7 Å². The molecule has 0 spiro atoms. The van der Waals surface area contributed by atoms with Crippen molar-refractivity contribution in [1.29, 1.82) is 0 Å². The van der Waals surface area contributed by atoms with E-state index in [1.54, 1.807) is 0 Å². The fourth-order valence-electron chi connectivity index (χ4n) is 1.03. The highest BCUT2D eigenvalue weighted by Gasteiger charge is 2.26. The van der Waals surface area contributed by atoms with E-state index in [4.69, 9.17) is 5.73 Å². The van der Waals surface area contributed by atoms with Crippen LogP contribution in [0.2, 0.25) is 0 Å². The summed E-state index contributed by atoms with van der Waals surface area (Å²) in [5.74, 6) is -0.276. The van der Waals surface area contributed by atoms with Crippen molar-refractivity contribution in [2.75, 3.05) is 7.11 Å². The van der Waals surface area contributed by atoms with Crippen molar-refractivity contribution in [3.8, 4) is 0 Å². The molecule has 0 rings (SSSR count). The molecule has 0 aromatic rings. The molecule has 0 fully saturated rings. The molecular weight excluding hydrogens is 231 g/mol. The van der Waals surface area contributed by atoms with Gasteiger partial charge in [-0.2, -0.15) is 0 Å². The van der Waals surface area contributed by atoms with E-state index in [1.165, 1.54) is 0 Å². The van der Waals surface area contributed by atoms with Crippen LogP contribution >= 0.6 is 7.60 Å². The van der Waals surface area contributed by atoms with E-state index in [2.05, 4.69) is 16.4 Å². The Bertz CT molecular complexity index is 317. The molecule has 94 valence electrons. The molecule has 1 unspecified atom stereocenters. The predicted molar refractivity (Wildman–Crippen MR) is 61.5 cm³/mol. The van der Waals surface area contributed by atoms with Crippen LogP contribution in [0.1, 0.15) is 20.3 Å². The molecule has 0 bridgehead atoms. The van der Waals surface area contributed by atoms with Crippen molar-refractivity contribution in [2.45, 2.75) is 26.3 Å². The molecule has 0 heterocycles. The monoisotopic (exact) mass is 250 g/mol. The van der Waals surface area contributed by atoms with Gasteiger partial charge in [0.25, 0.3) is 0 Å². The summed E-state index contributed by atoms with van der Waals surface area (Å²) in [5, 5.41) is 2.18. The summed E-state index contributed by atoms with van der Waals surface area (Å²) in [4.78, 5) is 20.6. The van der Waals surface area contributed by atoms with Crippen LogP contribution < -0.4 is 11.1 Å². The Hall–Kier alpha value is -0.680. The van der Waals surface area contributed by atoms with Crippen LogP contribution in [0.15, 0.2) is 12.0 Å². The maximum atomic E-state index is 11.5. The highest BCUT2D eigenvalue weighted by Crippen LogP contribution is 2.47. The number of hydrogen-bond acceptors (Lipinski definition) is 4. The van der Waals surface area contributed by atoms with Crippen LogP contribution in [0, 0.1) is 5.92 Å². The van der Waals surface area contributed by atoms with Crippen LogP contribution in [0.4, 0.5) is 0 Å². The predicted octanol–water partition coefficient (Wildman–Crippen LogP) is 0.779. The lowest BCUT2D eigenvalue weighted by molar-refractivity contribution is -0.121. The van der Waals surface area contributed by atoms with E-state index in [0.717, 1.165) is 7.11 Å². The summed E-state index contributed by atoms with van der Waals surface area (Å²) in [6.45, 7) is 7.12. The Morgan fingerprint density at radius 2 is 2.12 bits per heavy atom. The minimum absolute atomic E-state index is 0.261. The summed E-state index contributed by atoms with van der Waals surface area (Å²) in [6, 6.07) is -0.728. The van der Waals surface area contributed by atoms with Gasteiger partial charge in [0.1, 0.15) is 5.44 Å². The third kappa shape index (κ3) is 4.90. The number of rotatable bonds is 6. The van der Waals surface area contributed by atoms with Gasteiger partial charge in [0.2, 0.25) is 5.91 Å². The van der Waals surface area contributed by atoms with Crippen LogP contribution in [0.5, 0.6) is 0 Å². The molecule has 1 amide bonds. The average Bonchev–Trinajstić information content (AvgIpc) is 2.16. The number of amides is 1. The average molecular weight is 250 g/mol. The number of hydrogen-bond donors (Lipinski definition) is 3. The maximum Gasteiger partial charge on any atom is 0.374 e. The number of nitrogens with two attached hydrogens (primary N) is 1. The topological polar surface area (TPSA) is 102 Å². The number of carbonyl (C=O) groups excluding carboxylic acids is 1. The van der Waals surface area contributed by atoms with Gasteiger partial charge in [-0.3, -0.25) is 9.36 Å². The summed E-state index contributed by atoms with van der Waals surface area (Å²) in [5.41, 5.74) is 5.22. The molecule has 0 saturated carbocycles. The molecule has 4 N–H and O–H groups in total. The Balaban J connectivity index is 4.36. The zero-order valence-electron chi connectivity index (χ0n) is 9.77. The quantitative estimate of drug-likeness (QED) is 0.604. The van der Waals surface area contributed by atoms with Gasteiger partial charge in [0.15, 0.2) is 0 Å². The number of carbonyl (C=O) groups is 1. The molecule has 0 aromatic carbocycles. The first kappa shape index (κ1) is 15.3. The van der Waals surface area contributed by atoms with E-state index < -0.39 is 19.5 Å². The second kappa shape index (κ2) is 6.15. The first-order valence-corrected chi connectivity index (χ1v) is 6.43. The lowest BCUT2D eigenvalue weighted by Gasteiger charge is -2.17. The molecule has 7 heteroatoms. The van der Waals surface area contributed by atoms with Crippen molar-refractivity contribution in [1.82, 2.24) is 5.32 Å². The molecule has 0 saturated heterocycles. The third-order valence-electron chi connectivity index (χ3n) is 1.92. The smallest absolute Gasteiger partial charge is 0.320 e. The molecule has 16 heavy (non-hydrogen) atoms. The van der Waals surface area contributed by atoms with Crippen LogP contribution in [0.3, 0.4) is 0 Å². The van der Waals surface area contributed by atoms with Crippen LogP contribution in [-0.2, 0) is 13.9 Å². The van der Waals surface area contributed by atoms with Crippen molar-refractivity contribution < 1.29 is 18.8 Å². The fourth-order valence-corrected chi connectivity index (χ4v) is 1.50. The van der Waals surface area contributed by atoms with E-state index >= 15 is 0 Å². The number of nitrogens with one attached hydrogen (secondary N) is 1. The summed E-state index contributed by atoms with van der Waals surface area (Å²) in [6.07, 6.45) is 0.488. The zero-order valence-corrected chi connectivity index (χ0v) is 10.7. The minimum Gasteiger partial charge on any atom is -0.320 e. The molecule has 0 aliphatic rings. The van der Waals surface area contributed by atoms with Gasteiger partial charge in [0.05, 0.1) is 6.04 Å². The fraction of sp³-hybridized carbons (Fsp3) is 0.667. The van der Waals surface area contributed by atoms with Crippen molar-refractivity contribution in [3.05, 3.63) is 12.0 Å². The van der Waals surface area contributed by atoms with Crippen LogP contribution in [-0.4, -0.2) is 24.0 Å². The molecule has 0 aromatic heterocycles. The second-order valence-electron chi connectivity index (χ2n) is 3.87. The van der Waals surface area contributed by atoms with E-state index in [-0.39, 0.29) is 11.4 Å². The van der Waals surface area contributed by atoms with Gasteiger partial charge in [0, 0.05) is 7.11 Å². The van der Waals surface area contributed by atoms with Crippen LogP contribution in [0.25, 0.3) is 0 Å². The van der Waals surface area contributed by atoms with E-state index in [1.807, 2.05) is 13.8 Å². The summed E-state index contributed by atoms with van der Waals surface area (Å²) >= 11 is 0. The highest BCUT2D eigenvalue weighted by atomic mass is 31.2. The first-order valence-electron chi connectivity index (χ1n) is 4.85. The molecule has 6 nitrogen and oxygen atoms in total. The Labute approximate surface area is 95.4 Å². The molecule has 0 radical (unpaired) electrons. The third-order valence-corrected chi connectivity index (χ3v) is 3.21. The zero-order chi connectivity index (χ0) is 12.9. The largest absolute Gasteiger partial charge is 0.374 e. The summed E-state index contributed by atoms with van der Waals surface area (Å²) < 4.78 is 15.6. The Kier molecular flexibility index (Phi) is 5.89. The lowest BCUT2D eigenvalue weighted by Crippen LogP contribution is -2.40. The van der Waals surface area contributed by atoms with Gasteiger partial charge in [-0.1, -0.05) is 20.4 Å². The van der Waals surface area contributed by atoms with Crippen molar-refractivity contribution in [3.63, 3.8) is 0 Å². The van der Waals surface area contributed by atoms with Gasteiger partial charge >= 0.3 is 7.60 Å².